The number of hydrogen-bond acceptors (Lipinski definition) is 1. The summed E-state index contributed by atoms with van der Waals surface area (Å²) in [4.78, 5) is 0. The van der Waals surface area contributed by atoms with E-state index < -0.39 is 0 Å². The Kier molecular flexibility index (Phi) is 2.10. The van der Waals surface area contributed by atoms with Gasteiger partial charge in [-0.15, -0.1) is 6.58 Å². The van der Waals surface area contributed by atoms with Gasteiger partial charge in [0.25, 0.3) is 0 Å². The summed E-state index contributed by atoms with van der Waals surface area (Å²) in [6.07, 6.45) is 6.06. The van der Waals surface area contributed by atoms with Gasteiger partial charge in [0.05, 0.1) is 0 Å². The van der Waals surface area contributed by atoms with Gasteiger partial charge in [-0.05, 0) is 12.8 Å². The molecule has 0 spiro atoms. The summed E-state index contributed by atoms with van der Waals surface area (Å²) in [5.41, 5.74) is 0. The molecule has 0 unspecified atom stereocenters. The smallest absolute Gasteiger partial charge is 0.0134 e. The summed E-state index contributed by atoms with van der Waals surface area (Å²) in [6.45, 7) is 4.61. The van der Waals surface area contributed by atoms with Gasteiger partial charge in [0.2, 0.25) is 0 Å². The Hall–Kier alpha value is -0.300. The average molecular weight is 111 g/mol. The van der Waals surface area contributed by atoms with Crippen LogP contribution in [0.3, 0.4) is 0 Å². The first-order valence-electron chi connectivity index (χ1n) is 3.28. The fourth-order valence-corrected chi connectivity index (χ4v) is 0.862. The van der Waals surface area contributed by atoms with Crippen LogP contribution in [0, 0.1) is 0 Å². The van der Waals surface area contributed by atoms with Crippen LogP contribution in [-0.4, -0.2) is 12.6 Å². The second-order valence-corrected chi connectivity index (χ2v) is 2.32. The van der Waals surface area contributed by atoms with E-state index in [4.69, 9.17) is 0 Å². The molecule has 1 aliphatic rings. The Labute approximate surface area is 50.8 Å². The molecule has 0 atom stereocenters. The first-order valence-corrected chi connectivity index (χ1v) is 3.28. The normalized spacial score (nSPS) is 20.0. The van der Waals surface area contributed by atoms with Gasteiger partial charge in [-0.2, -0.15) is 0 Å². The van der Waals surface area contributed by atoms with E-state index >= 15 is 0 Å². The third-order valence-corrected chi connectivity index (χ3v) is 1.66. The molecular weight excluding hydrogens is 98.1 g/mol. The fourth-order valence-electron chi connectivity index (χ4n) is 0.862. The molecule has 0 amide bonds. The fraction of sp³-hybridized carbons (Fsp3) is 0.714. The van der Waals surface area contributed by atoms with Crippen molar-refractivity contribution in [3.05, 3.63) is 12.7 Å². The quantitative estimate of drug-likeness (QED) is 0.541. The molecule has 46 valence electrons. The minimum atomic E-state index is 0.813. The van der Waals surface area contributed by atoms with Gasteiger partial charge in [0.15, 0.2) is 0 Å². The third kappa shape index (κ3) is 1.34. The van der Waals surface area contributed by atoms with Crippen molar-refractivity contribution in [1.82, 2.24) is 5.32 Å². The molecule has 1 fully saturated rings. The van der Waals surface area contributed by atoms with Crippen molar-refractivity contribution in [1.29, 1.82) is 0 Å². The molecular formula is C7H13N. The molecule has 1 aliphatic carbocycles. The number of hydrogen-bond donors (Lipinski definition) is 1. The van der Waals surface area contributed by atoms with Gasteiger partial charge in [0, 0.05) is 12.6 Å². The molecule has 0 aromatic heterocycles. The summed E-state index contributed by atoms with van der Waals surface area (Å²) in [5.74, 6) is 0. The van der Waals surface area contributed by atoms with Crippen LogP contribution in [0.15, 0.2) is 12.7 Å². The van der Waals surface area contributed by atoms with E-state index in [9.17, 15) is 0 Å². The zero-order valence-corrected chi connectivity index (χ0v) is 5.19. The van der Waals surface area contributed by atoms with E-state index in [1.54, 1.807) is 0 Å². The Bertz CT molecular complexity index is 74.5. The second-order valence-electron chi connectivity index (χ2n) is 2.32. The van der Waals surface area contributed by atoms with Crippen LogP contribution in [-0.2, 0) is 0 Å². The molecule has 1 heteroatoms. The molecule has 0 heterocycles. The summed E-state index contributed by atoms with van der Waals surface area (Å²) in [5, 5.41) is 3.35. The van der Waals surface area contributed by atoms with Gasteiger partial charge in [0.1, 0.15) is 0 Å². The van der Waals surface area contributed by atoms with Gasteiger partial charge in [-0.25, -0.2) is 0 Å². The zero-order valence-electron chi connectivity index (χ0n) is 5.19. The lowest BCUT2D eigenvalue weighted by molar-refractivity contribution is 0.351. The lowest BCUT2D eigenvalue weighted by atomic mass is 9.93. The maximum absolute atomic E-state index is 3.63. The molecule has 1 N–H and O–H groups in total. The van der Waals surface area contributed by atoms with Crippen LogP contribution >= 0.6 is 0 Å². The number of rotatable bonds is 3. The molecule has 1 saturated carbocycles. The van der Waals surface area contributed by atoms with Crippen LogP contribution in [0.5, 0.6) is 0 Å². The van der Waals surface area contributed by atoms with Crippen LogP contribution in [0.4, 0.5) is 0 Å². The van der Waals surface area contributed by atoms with Crippen molar-refractivity contribution in [3.63, 3.8) is 0 Å². The molecule has 1 rings (SSSR count). The lowest BCUT2D eigenvalue weighted by Crippen LogP contribution is -2.34. The van der Waals surface area contributed by atoms with Crippen LogP contribution in [0.25, 0.3) is 0 Å². The van der Waals surface area contributed by atoms with Gasteiger partial charge in [-0.1, -0.05) is 12.5 Å². The molecule has 0 radical (unpaired) electrons. The van der Waals surface area contributed by atoms with Crippen molar-refractivity contribution in [2.75, 3.05) is 6.54 Å². The van der Waals surface area contributed by atoms with Crippen molar-refractivity contribution < 1.29 is 0 Å². The third-order valence-electron chi connectivity index (χ3n) is 1.66. The van der Waals surface area contributed by atoms with Crippen molar-refractivity contribution in [2.24, 2.45) is 0 Å². The first kappa shape index (κ1) is 5.83. The Morgan fingerprint density at radius 1 is 1.62 bits per heavy atom. The van der Waals surface area contributed by atoms with E-state index in [1.807, 2.05) is 6.08 Å². The van der Waals surface area contributed by atoms with Crippen molar-refractivity contribution in [2.45, 2.75) is 25.3 Å². The summed E-state index contributed by atoms with van der Waals surface area (Å²) in [7, 11) is 0. The Balaban J connectivity index is 1.93. The summed E-state index contributed by atoms with van der Waals surface area (Å²) in [6, 6.07) is 0.813. The SMILES string of the molecule is C=CCNC1CCC1. The predicted octanol–water partition coefficient (Wildman–Crippen LogP) is 1.31. The predicted molar refractivity (Wildman–Crippen MR) is 35.8 cm³/mol. The standard InChI is InChI=1S/C7H13N/c1-2-6-8-7-4-3-5-7/h2,7-8H,1,3-6H2. The summed E-state index contributed by atoms with van der Waals surface area (Å²) < 4.78 is 0. The van der Waals surface area contributed by atoms with E-state index in [0.717, 1.165) is 12.6 Å². The first-order chi connectivity index (χ1) is 3.93. The number of nitrogens with one attached hydrogen (secondary N) is 1. The minimum Gasteiger partial charge on any atom is -0.311 e. The summed E-state index contributed by atoms with van der Waals surface area (Å²) >= 11 is 0. The minimum absolute atomic E-state index is 0.813. The molecule has 0 bridgehead atoms. The monoisotopic (exact) mass is 111 g/mol. The topological polar surface area (TPSA) is 12.0 Å². The van der Waals surface area contributed by atoms with Crippen LogP contribution < -0.4 is 5.32 Å². The second kappa shape index (κ2) is 2.88. The lowest BCUT2D eigenvalue weighted by Gasteiger charge is -2.25. The maximum atomic E-state index is 3.63. The van der Waals surface area contributed by atoms with Gasteiger partial charge < -0.3 is 5.32 Å². The van der Waals surface area contributed by atoms with Gasteiger partial charge >= 0.3 is 0 Å². The van der Waals surface area contributed by atoms with E-state index in [-0.39, 0.29) is 0 Å². The van der Waals surface area contributed by atoms with Crippen LogP contribution in [0.1, 0.15) is 19.3 Å². The molecule has 0 aromatic carbocycles. The highest BCUT2D eigenvalue weighted by Crippen LogP contribution is 2.17. The molecule has 1 nitrogen and oxygen atoms in total. The highest BCUT2D eigenvalue weighted by atomic mass is 14.9. The highest BCUT2D eigenvalue weighted by molar-refractivity contribution is 4.80. The van der Waals surface area contributed by atoms with E-state index in [1.165, 1.54) is 19.3 Å². The molecule has 0 aliphatic heterocycles. The Morgan fingerprint density at radius 2 is 2.38 bits per heavy atom. The van der Waals surface area contributed by atoms with E-state index in [2.05, 4.69) is 11.9 Å². The largest absolute Gasteiger partial charge is 0.311 e. The van der Waals surface area contributed by atoms with Gasteiger partial charge in [-0.3, -0.25) is 0 Å². The van der Waals surface area contributed by atoms with Crippen molar-refractivity contribution in [3.8, 4) is 0 Å². The zero-order chi connectivity index (χ0) is 5.82. The maximum Gasteiger partial charge on any atom is 0.0134 e. The molecule has 8 heavy (non-hydrogen) atoms. The highest BCUT2D eigenvalue weighted by Gasteiger charge is 2.14. The van der Waals surface area contributed by atoms with E-state index in [0.29, 0.717) is 0 Å². The van der Waals surface area contributed by atoms with Crippen LogP contribution in [0.2, 0.25) is 0 Å². The average Bonchev–Trinajstić information content (AvgIpc) is 1.63. The molecule has 0 saturated heterocycles. The molecule has 0 aromatic rings. The van der Waals surface area contributed by atoms with Crippen molar-refractivity contribution >= 4 is 0 Å². The Morgan fingerprint density at radius 3 is 2.75 bits per heavy atom.